The molecule has 0 spiro atoms. The maximum absolute atomic E-state index is 2.42. The van der Waals surface area contributed by atoms with Crippen molar-refractivity contribution in [2.24, 2.45) is 5.41 Å². The fourth-order valence-corrected chi connectivity index (χ4v) is 2.20. The summed E-state index contributed by atoms with van der Waals surface area (Å²) < 4.78 is 2.38. The van der Waals surface area contributed by atoms with Crippen LogP contribution in [0.25, 0.3) is 0 Å². The van der Waals surface area contributed by atoms with Gasteiger partial charge in [0.05, 0.1) is 0 Å². The highest BCUT2D eigenvalue weighted by molar-refractivity contribution is 5.59. The molecule has 0 atom stereocenters. The summed E-state index contributed by atoms with van der Waals surface area (Å²) in [7, 11) is 2.21. The summed E-state index contributed by atoms with van der Waals surface area (Å²) in [4.78, 5) is 0. The zero-order chi connectivity index (χ0) is 9.73. The largest absolute Gasteiger partial charge is 0.242 e. The second kappa shape index (κ2) is 4.78. The fraction of sp³-hybridized carbons (Fsp3) is 0.917. The predicted molar refractivity (Wildman–Crippen MR) is 58.6 cm³/mol. The Morgan fingerprint density at radius 1 is 1.00 bits per heavy atom. The summed E-state index contributed by atoms with van der Waals surface area (Å²) in [5, 5.41) is 0. The number of rotatable bonds is 0. The van der Waals surface area contributed by atoms with E-state index < -0.39 is 0 Å². The van der Waals surface area contributed by atoms with E-state index in [-0.39, 0.29) is 0 Å². The Morgan fingerprint density at radius 3 is 2.38 bits per heavy atom. The molecular weight excluding hydrogens is 158 g/mol. The van der Waals surface area contributed by atoms with Crippen LogP contribution in [0, 0.1) is 5.41 Å². The van der Waals surface area contributed by atoms with Crippen molar-refractivity contribution in [2.75, 3.05) is 13.6 Å². The van der Waals surface area contributed by atoms with Gasteiger partial charge in [-0.05, 0) is 12.8 Å². The van der Waals surface area contributed by atoms with Crippen LogP contribution in [-0.4, -0.2) is 24.4 Å². The molecule has 1 nitrogen and oxygen atoms in total. The van der Waals surface area contributed by atoms with Crippen LogP contribution < -0.4 is 0 Å². The van der Waals surface area contributed by atoms with Gasteiger partial charge in [-0.1, -0.05) is 33.1 Å². The minimum Gasteiger partial charge on any atom is -0.242 e. The monoisotopic (exact) mass is 182 g/mol. The second-order valence-electron chi connectivity index (χ2n) is 5.12. The van der Waals surface area contributed by atoms with Crippen LogP contribution in [0.5, 0.6) is 0 Å². The van der Waals surface area contributed by atoms with Crippen molar-refractivity contribution in [2.45, 2.75) is 52.4 Å². The number of nitrogens with zero attached hydrogens (tertiary/aromatic N) is 1. The first-order valence-electron chi connectivity index (χ1n) is 5.66. The van der Waals surface area contributed by atoms with Gasteiger partial charge < -0.3 is 0 Å². The van der Waals surface area contributed by atoms with Crippen LogP contribution in [0.4, 0.5) is 0 Å². The standard InChI is InChI=1S/C12H24N/c1-12(2)9-7-5-4-6-8-10-13(3)11-12/h11H,4-10H2,1-3H3/q+1/b13-11-. The Bertz CT molecular complexity index is 180. The minimum absolute atomic E-state index is 0.409. The van der Waals surface area contributed by atoms with E-state index in [1.54, 1.807) is 0 Å². The molecule has 0 aromatic rings. The Labute approximate surface area is 82.9 Å². The molecule has 0 unspecified atom stereocenters. The quantitative estimate of drug-likeness (QED) is 0.506. The van der Waals surface area contributed by atoms with Crippen molar-refractivity contribution in [1.82, 2.24) is 0 Å². The highest BCUT2D eigenvalue weighted by atomic mass is 15.0. The van der Waals surface area contributed by atoms with Crippen molar-refractivity contribution in [1.29, 1.82) is 0 Å². The third kappa shape index (κ3) is 4.44. The van der Waals surface area contributed by atoms with E-state index in [1.807, 2.05) is 0 Å². The van der Waals surface area contributed by atoms with Gasteiger partial charge in [-0.2, -0.15) is 0 Å². The van der Waals surface area contributed by atoms with Gasteiger partial charge in [-0.25, -0.2) is 4.58 Å². The molecule has 0 radical (unpaired) electrons. The predicted octanol–water partition coefficient (Wildman–Crippen LogP) is 3.08. The normalized spacial score (nSPS) is 29.0. The second-order valence-corrected chi connectivity index (χ2v) is 5.12. The molecule has 1 aliphatic rings. The first-order chi connectivity index (χ1) is 6.10. The van der Waals surface area contributed by atoms with Crippen LogP contribution >= 0.6 is 0 Å². The molecule has 76 valence electrons. The van der Waals surface area contributed by atoms with Crippen LogP contribution in [0.3, 0.4) is 0 Å². The average Bonchev–Trinajstić information content (AvgIpc) is 2.01. The highest BCUT2D eigenvalue weighted by Crippen LogP contribution is 2.22. The lowest BCUT2D eigenvalue weighted by Gasteiger charge is -2.18. The highest BCUT2D eigenvalue weighted by Gasteiger charge is 2.19. The molecular formula is C12H24N+. The van der Waals surface area contributed by atoms with Crippen LogP contribution in [0.1, 0.15) is 52.4 Å². The molecule has 1 rings (SSSR count). The molecule has 0 aromatic heterocycles. The lowest BCUT2D eigenvalue weighted by Crippen LogP contribution is -2.22. The molecule has 13 heavy (non-hydrogen) atoms. The molecule has 0 N–H and O–H groups in total. The molecule has 0 amide bonds. The SMILES string of the molecule is C/[N+]1=C/C(C)(C)CCCCCCC1. The number of hydrogen-bond donors (Lipinski definition) is 0. The van der Waals surface area contributed by atoms with E-state index in [0.717, 1.165) is 0 Å². The smallest absolute Gasteiger partial charge is 0.145 e. The van der Waals surface area contributed by atoms with Gasteiger partial charge in [0, 0.05) is 11.8 Å². The molecule has 0 bridgehead atoms. The van der Waals surface area contributed by atoms with Crippen LogP contribution in [0.2, 0.25) is 0 Å². The first kappa shape index (κ1) is 10.7. The maximum Gasteiger partial charge on any atom is 0.145 e. The van der Waals surface area contributed by atoms with E-state index in [1.165, 1.54) is 45.1 Å². The van der Waals surface area contributed by atoms with E-state index in [4.69, 9.17) is 0 Å². The zero-order valence-corrected chi connectivity index (χ0v) is 9.47. The van der Waals surface area contributed by atoms with Crippen molar-refractivity contribution < 1.29 is 4.58 Å². The van der Waals surface area contributed by atoms with Gasteiger partial charge in [0.25, 0.3) is 0 Å². The summed E-state index contributed by atoms with van der Waals surface area (Å²) in [6.07, 6.45) is 10.8. The molecule has 0 fully saturated rings. The van der Waals surface area contributed by atoms with E-state index in [0.29, 0.717) is 5.41 Å². The number of hydrogen-bond acceptors (Lipinski definition) is 0. The maximum atomic E-state index is 2.42. The molecule has 1 heterocycles. The van der Waals surface area contributed by atoms with Gasteiger partial charge in [0.2, 0.25) is 0 Å². The molecule has 0 saturated carbocycles. The lowest BCUT2D eigenvalue weighted by molar-refractivity contribution is -0.496. The van der Waals surface area contributed by atoms with Gasteiger partial charge >= 0.3 is 0 Å². The third-order valence-electron chi connectivity index (χ3n) is 2.90. The molecule has 0 aromatic carbocycles. The Morgan fingerprint density at radius 2 is 1.62 bits per heavy atom. The fourth-order valence-electron chi connectivity index (χ4n) is 2.20. The van der Waals surface area contributed by atoms with Gasteiger partial charge in [-0.3, -0.25) is 0 Å². The molecule has 0 saturated heterocycles. The van der Waals surface area contributed by atoms with Crippen molar-refractivity contribution in [3.8, 4) is 0 Å². The van der Waals surface area contributed by atoms with Crippen LogP contribution in [-0.2, 0) is 0 Å². The molecule has 0 aliphatic carbocycles. The molecule has 1 aliphatic heterocycles. The summed E-state index contributed by atoms with van der Waals surface area (Å²) in [5.41, 5.74) is 0.409. The summed E-state index contributed by atoms with van der Waals surface area (Å²) >= 11 is 0. The van der Waals surface area contributed by atoms with E-state index >= 15 is 0 Å². The van der Waals surface area contributed by atoms with E-state index in [9.17, 15) is 0 Å². The Kier molecular flexibility index (Phi) is 3.95. The van der Waals surface area contributed by atoms with E-state index in [2.05, 4.69) is 31.7 Å². The minimum atomic E-state index is 0.409. The van der Waals surface area contributed by atoms with Gasteiger partial charge in [0.1, 0.15) is 19.8 Å². The lowest BCUT2D eigenvalue weighted by atomic mass is 9.87. The first-order valence-corrected chi connectivity index (χ1v) is 5.66. The summed E-state index contributed by atoms with van der Waals surface area (Å²) in [5.74, 6) is 0. The van der Waals surface area contributed by atoms with Crippen LogP contribution in [0.15, 0.2) is 0 Å². The summed E-state index contributed by atoms with van der Waals surface area (Å²) in [6, 6.07) is 0. The Hall–Kier alpha value is -0.330. The zero-order valence-electron chi connectivity index (χ0n) is 9.47. The topological polar surface area (TPSA) is 3.01 Å². The van der Waals surface area contributed by atoms with Crippen molar-refractivity contribution in [3.63, 3.8) is 0 Å². The van der Waals surface area contributed by atoms with Gasteiger partial charge in [-0.15, -0.1) is 0 Å². The van der Waals surface area contributed by atoms with Crippen molar-refractivity contribution >= 4 is 6.21 Å². The third-order valence-corrected chi connectivity index (χ3v) is 2.90. The van der Waals surface area contributed by atoms with Gasteiger partial charge in [0.15, 0.2) is 0 Å². The molecule has 1 heteroatoms. The summed E-state index contributed by atoms with van der Waals surface area (Å²) in [6.45, 7) is 5.94. The Balaban J connectivity index is 2.57. The average molecular weight is 182 g/mol. The van der Waals surface area contributed by atoms with Crippen molar-refractivity contribution in [3.05, 3.63) is 0 Å².